The van der Waals surface area contributed by atoms with Gasteiger partial charge in [0, 0.05) is 6.42 Å². The molecule has 0 bridgehead atoms. The topological polar surface area (TPSA) is 68.5 Å². The van der Waals surface area contributed by atoms with E-state index in [2.05, 4.69) is 5.32 Å². The van der Waals surface area contributed by atoms with Gasteiger partial charge in [0.2, 0.25) is 5.91 Å². The van der Waals surface area contributed by atoms with E-state index in [0.717, 1.165) is 0 Å². The average Bonchev–Trinajstić information content (AvgIpc) is 3.11. The van der Waals surface area contributed by atoms with Gasteiger partial charge in [-0.05, 0) is 38.1 Å². The summed E-state index contributed by atoms with van der Waals surface area (Å²) in [4.78, 5) is 24.4. The van der Waals surface area contributed by atoms with Crippen molar-refractivity contribution < 1.29 is 23.1 Å². The zero-order valence-electron chi connectivity index (χ0n) is 13.8. The summed E-state index contributed by atoms with van der Waals surface area (Å²) in [6.07, 6.45) is 0.0776. The van der Waals surface area contributed by atoms with E-state index in [1.54, 1.807) is 44.2 Å². The normalized spacial score (nSPS) is 21.8. The van der Waals surface area contributed by atoms with Crippen molar-refractivity contribution in [3.05, 3.63) is 59.2 Å². The maximum atomic E-state index is 14.0. The number of rotatable bonds is 2. The summed E-state index contributed by atoms with van der Waals surface area (Å²) in [7, 11) is 0. The molecule has 0 saturated carbocycles. The minimum Gasteiger partial charge on any atom is -0.460 e. The third kappa shape index (κ3) is 2.45. The molecule has 1 N–H and O–H groups in total. The fourth-order valence-electron chi connectivity index (χ4n) is 3.37. The smallest absolute Gasteiger partial charge is 0.337 e. The first-order chi connectivity index (χ1) is 11.9. The third-order valence-corrected chi connectivity index (χ3v) is 4.55. The number of nitrogens with one attached hydrogen (secondary N) is 1. The largest absolute Gasteiger partial charge is 0.460 e. The molecule has 4 rings (SSSR count). The molecule has 0 radical (unpaired) electrons. The van der Waals surface area contributed by atoms with Crippen LogP contribution in [0, 0.1) is 5.82 Å². The second kappa shape index (κ2) is 5.31. The Bertz CT molecular complexity index is 925. The van der Waals surface area contributed by atoms with E-state index in [9.17, 15) is 14.0 Å². The van der Waals surface area contributed by atoms with Gasteiger partial charge in [0.05, 0.1) is 22.8 Å². The van der Waals surface area contributed by atoms with Crippen molar-refractivity contribution in [2.75, 3.05) is 0 Å². The van der Waals surface area contributed by atoms with Crippen LogP contribution in [0.25, 0.3) is 11.3 Å². The molecule has 2 aliphatic heterocycles. The predicted molar refractivity (Wildman–Crippen MR) is 86.8 cm³/mol. The van der Waals surface area contributed by atoms with Crippen molar-refractivity contribution in [1.29, 1.82) is 0 Å². The van der Waals surface area contributed by atoms with E-state index in [-0.39, 0.29) is 12.3 Å². The summed E-state index contributed by atoms with van der Waals surface area (Å²) in [5.74, 6) is -0.820. The van der Waals surface area contributed by atoms with E-state index in [4.69, 9.17) is 9.15 Å². The molecular weight excluding hydrogens is 325 g/mol. The van der Waals surface area contributed by atoms with Crippen LogP contribution in [-0.4, -0.2) is 17.5 Å². The van der Waals surface area contributed by atoms with Gasteiger partial charge in [-0.15, -0.1) is 0 Å². The van der Waals surface area contributed by atoms with E-state index in [1.165, 1.54) is 6.07 Å². The lowest BCUT2D eigenvalue weighted by atomic mass is 9.86. The zero-order valence-corrected chi connectivity index (χ0v) is 13.8. The molecule has 25 heavy (non-hydrogen) atoms. The van der Waals surface area contributed by atoms with E-state index >= 15 is 0 Å². The highest BCUT2D eigenvalue weighted by molar-refractivity contribution is 5.99. The fraction of sp³-hybridized carbons (Fsp3) is 0.263. The fourth-order valence-corrected chi connectivity index (χ4v) is 3.37. The Hall–Kier alpha value is -2.89. The summed E-state index contributed by atoms with van der Waals surface area (Å²) in [6.45, 7) is 3.45. The molecule has 0 aliphatic carbocycles. The Morgan fingerprint density at radius 1 is 1.16 bits per heavy atom. The van der Waals surface area contributed by atoms with Crippen molar-refractivity contribution in [3.63, 3.8) is 0 Å². The van der Waals surface area contributed by atoms with Crippen molar-refractivity contribution in [2.45, 2.75) is 31.8 Å². The molecule has 1 unspecified atom stereocenters. The number of furan rings is 1. The molecular formula is C19H16FNO4. The Morgan fingerprint density at radius 3 is 2.68 bits per heavy atom. The summed E-state index contributed by atoms with van der Waals surface area (Å²) < 4.78 is 25.1. The van der Waals surface area contributed by atoms with Crippen LogP contribution >= 0.6 is 0 Å². The number of benzene rings is 1. The van der Waals surface area contributed by atoms with Crippen LogP contribution in [0.15, 0.2) is 52.1 Å². The Balaban J connectivity index is 1.77. The summed E-state index contributed by atoms with van der Waals surface area (Å²) in [6, 6.07) is 9.60. The minimum atomic E-state index is -0.887. The van der Waals surface area contributed by atoms with Gasteiger partial charge in [-0.1, -0.05) is 12.1 Å². The van der Waals surface area contributed by atoms with E-state index in [1.807, 2.05) is 0 Å². The highest BCUT2D eigenvalue weighted by atomic mass is 19.1. The first-order valence-corrected chi connectivity index (χ1v) is 7.99. The van der Waals surface area contributed by atoms with Gasteiger partial charge in [-0.3, -0.25) is 4.79 Å². The van der Waals surface area contributed by atoms with Crippen LogP contribution in [0.2, 0.25) is 0 Å². The van der Waals surface area contributed by atoms with E-state index < -0.39 is 23.3 Å². The van der Waals surface area contributed by atoms with Crippen LogP contribution in [-0.2, 0) is 14.3 Å². The lowest BCUT2D eigenvalue weighted by molar-refractivity contribution is -0.144. The molecule has 2 aromatic rings. The average molecular weight is 341 g/mol. The molecule has 1 atom stereocenters. The lowest BCUT2D eigenvalue weighted by Crippen LogP contribution is -2.38. The number of carbonyl (C=O) groups excluding carboxylic acids is 2. The Labute approximate surface area is 143 Å². The summed E-state index contributed by atoms with van der Waals surface area (Å²) in [5.41, 5.74) is 0.320. The van der Waals surface area contributed by atoms with Gasteiger partial charge in [-0.2, -0.15) is 0 Å². The molecule has 2 aliphatic rings. The number of ether oxygens (including phenoxy) is 1. The summed E-state index contributed by atoms with van der Waals surface area (Å²) in [5, 5.41) is 2.74. The highest BCUT2D eigenvalue weighted by Crippen LogP contribution is 2.43. The molecule has 6 heteroatoms. The number of hydrogen-bond acceptors (Lipinski definition) is 4. The Kier molecular flexibility index (Phi) is 3.32. The molecule has 3 heterocycles. The van der Waals surface area contributed by atoms with Gasteiger partial charge in [0.15, 0.2) is 0 Å². The number of esters is 1. The van der Waals surface area contributed by atoms with Crippen molar-refractivity contribution >= 4 is 11.9 Å². The number of halogens is 1. The lowest BCUT2D eigenvalue weighted by Gasteiger charge is -2.26. The Morgan fingerprint density at radius 2 is 1.92 bits per heavy atom. The van der Waals surface area contributed by atoms with Gasteiger partial charge in [0.1, 0.15) is 22.9 Å². The molecule has 0 fully saturated rings. The number of amides is 1. The van der Waals surface area contributed by atoms with Crippen molar-refractivity contribution in [3.8, 4) is 11.3 Å². The standard InChI is InChI=1S/C19H16FNO4/c1-19(2)17-16(18(23)25-19)11(9-15(22)21-17)14-8-7-13(24-14)10-5-3-4-6-12(10)20/h3-8,11H,9H2,1-2H3,(H,21,22). The van der Waals surface area contributed by atoms with Gasteiger partial charge >= 0.3 is 5.97 Å². The molecule has 1 amide bonds. The SMILES string of the molecule is CC1(C)OC(=O)C2=C1NC(=O)CC2c1ccc(-c2ccccc2F)o1. The maximum Gasteiger partial charge on any atom is 0.337 e. The maximum absolute atomic E-state index is 14.0. The zero-order chi connectivity index (χ0) is 17.8. The first-order valence-electron chi connectivity index (χ1n) is 7.99. The van der Waals surface area contributed by atoms with Gasteiger partial charge in [-0.25, -0.2) is 9.18 Å². The molecule has 128 valence electrons. The van der Waals surface area contributed by atoms with Gasteiger partial charge in [0.25, 0.3) is 0 Å². The van der Waals surface area contributed by atoms with Crippen LogP contribution < -0.4 is 5.32 Å². The monoisotopic (exact) mass is 341 g/mol. The second-order valence-electron chi connectivity index (χ2n) is 6.68. The molecule has 1 aromatic carbocycles. The van der Waals surface area contributed by atoms with Gasteiger partial charge < -0.3 is 14.5 Å². The quantitative estimate of drug-likeness (QED) is 0.851. The molecule has 0 saturated heterocycles. The number of cyclic esters (lactones) is 1. The van der Waals surface area contributed by atoms with E-state index in [0.29, 0.717) is 28.4 Å². The van der Waals surface area contributed by atoms with Crippen molar-refractivity contribution in [1.82, 2.24) is 5.32 Å². The van der Waals surface area contributed by atoms with Crippen LogP contribution in [0.1, 0.15) is 31.9 Å². The minimum absolute atomic E-state index is 0.0776. The van der Waals surface area contributed by atoms with Crippen LogP contribution in [0.5, 0.6) is 0 Å². The first kappa shape index (κ1) is 15.6. The molecule has 0 spiro atoms. The number of carbonyl (C=O) groups is 2. The summed E-state index contributed by atoms with van der Waals surface area (Å²) >= 11 is 0. The number of hydrogen-bond donors (Lipinski definition) is 1. The van der Waals surface area contributed by atoms with Crippen molar-refractivity contribution in [2.24, 2.45) is 0 Å². The molecule has 1 aromatic heterocycles. The predicted octanol–water partition coefficient (Wildman–Crippen LogP) is 3.28. The highest BCUT2D eigenvalue weighted by Gasteiger charge is 2.48. The van der Waals surface area contributed by atoms with Crippen LogP contribution in [0.4, 0.5) is 4.39 Å². The third-order valence-electron chi connectivity index (χ3n) is 4.55. The second-order valence-corrected chi connectivity index (χ2v) is 6.68. The van der Waals surface area contributed by atoms with Crippen LogP contribution in [0.3, 0.4) is 0 Å². The molecule has 5 nitrogen and oxygen atoms in total.